The quantitative estimate of drug-likeness (QED) is 0.894. The van der Waals surface area contributed by atoms with E-state index in [1.165, 1.54) is 17.6 Å². The van der Waals surface area contributed by atoms with E-state index in [9.17, 15) is 0 Å². The molecule has 18 heavy (non-hydrogen) atoms. The van der Waals surface area contributed by atoms with E-state index in [0.717, 1.165) is 17.6 Å². The van der Waals surface area contributed by atoms with E-state index in [-0.39, 0.29) is 0 Å². The van der Waals surface area contributed by atoms with E-state index in [2.05, 4.69) is 54.3 Å². The highest BCUT2D eigenvalue weighted by Gasteiger charge is 2.17. The second-order valence-corrected chi connectivity index (χ2v) is 5.09. The Morgan fingerprint density at radius 1 is 1.33 bits per heavy atom. The summed E-state index contributed by atoms with van der Waals surface area (Å²) in [4.78, 5) is 10.7. The van der Waals surface area contributed by atoms with Gasteiger partial charge in [-0.15, -0.1) is 0 Å². The van der Waals surface area contributed by atoms with Gasteiger partial charge in [0.2, 0.25) is 0 Å². The largest absolute Gasteiger partial charge is 0.383 e. The standard InChI is InChI=1S/C13H21N5/c1-8(17(4)5)6-18-10(3)9(2)11-12(14)15-7-16-13(11)18/h7-8H,6H2,1-5H3,(H2,14,15,16). The molecule has 2 heterocycles. The zero-order valence-electron chi connectivity index (χ0n) is 11.7. The number of rotatable bonds is 3. The molecule has 0 aliphatic carbocycles. The molecule has 0 fully saturated rings. The van der Waals surface area contributed by atoms with Gasteiger partial charge in [0.25, 0.3) is 0 Å². The van der Waals surface area contributed by atoms with Gasteiger partial charge in [0.1, 0.15) is 17.8 Å². The van der Waals surface area contributed by atoms with Gasteiger partial charge in [-0.3, -0.25) is 0 Å². The molecule has 5 nitrogen and oxygen atoms in total. The molecule has 2 N–H and O–H groups in total. The van der Waals surface area contributed by atoms with Crippen molar-refractivity contribution in [1.82, 2.24) is 19.4 Å². The van der Waals surface area contributed by atoms with E-state index >= 15 is 0 Å². The van der Waals surface area contributed by atoms with Crippen LogP contribution < -0.4 is 5.73 Å². The Hall–Kier alpha value is -1.62. The van der Waals surface area contributed by atoms with Crippen molar-refractivity contribution in [2.24, 2.45) is 0 Å². The van der Waals surface area contributed by atoms with Crippen LogP contribution in [-0.2, 0) is 6.54 Å². The van der Waals surface area contributed by atoms with Gasteiger partial charge >= 0.3 is 0 Å². The maximum absolute atomic E-state index is 5.96. The third kappa shape index (κ3) is 1.95. The van der Waals surface area contributed by atoms with Crippen molar-refractivity contribution >= 4 is 16.9 Å². The highest BCUT2D eigenvalue weighted by atomic mass is 15.2. The summed E-state index contributed by atoms with van der Waals surface area (Å²) in [5.74, 6) is 0.567. The van der Waals surface area contributed by atoms with Crippen molar-refractivity contribution < 1.29 is 0 Å². The van der Waals surface area contributed by atoms with Crippen LogP contribution in [0.2, 0.25) is 0 Å². The Morgan fingerprint density at radius 3 is 2.61 bits per heavy atom. The first-order valence-corrected chi connectivity index (χ1v) is 6.15. The molecular weight excluding hydrogens is 226 g/mol. The maximum Gasteiger partial charge on any atom is 0.145 e. The fraction of sp³-hybridized carbons (Fsp3) is 0.538. The summed E-state index contributed by atoms with van der Waals surface area (Å²) in [7, 11) is 4.17. The number of hydrogen-bond acceptors (Lipinski definition) is 4. The van der Waals surface area contributed by atoms with Crippen molar-refractivity contribution in [3.05, 3.63) is 17.6 Å². The summed E-state index contributed by atoms with van der Waals surface area (Å²) < 4.78 is 2.23. The minimum absolute atomic E-state index is 0.440. The molecule has 1 unspecified atom stereocenters. The van der Waals surface area contributed by atoms with Gasteiger partial charge in [-0.1, -0.05) is 0 Å². The van der Waals surface area contributed by atoms with Crippen molar-refractivity contribution in [2.75, 3.05) is 19.8 Å². The monoisotopic (exact) mass is 247 g/mol. The van der Waals surface area contributed by atoms with Crippen LogP contribution in [0.15, 0.2) is 6.33 Å². The molecule has 0 amide bonds. The van der Waals surface area contributed by atoms with Gasteiger partial charge in [-0.25, -0.2) is 9.97 Å². The van der Waals surface area contributed by atoms with Crippen LogP contribution in [0.25, 0.3) is 11.0 Å². The van der Waals surface area contributed by atoms with Gasteiger partial charge in [0.15, 0.2) is 0 Å². The molecule has 2 aromatic rings. The molecule has 0 aliphatic rings. The summed E-state index contributed by atoms with van der Waals surface area (Å²) in [6, 6.07) is 0.440. The fourth-order valence-electron chi connectivity index (χ4n) is 2.15. The Kier molecular flexibility index (Phi) is 3.26. The third-order valence-corrected chi connectivity index (χ3v) is 3.76. The number of aryl methyl sites for hydroxylation is 1. The smallest absolute Gasteiger partial charge is 0.145 e. The van der Waals surface area contributed by atoms with Gasteiger partial charge < -0.3 is 15.2 Å². The summed E-state index contributed by atoms with van der Waals surface area (Å²) in [6.07, 6.45) is 1.54. The van der Waals surface area contributed by atoms with Crippen LogP contribution in [0.5, 0.6) is 0 Å². The number of aromatic nitrogens is 3. The molecule has 0 bridgehead atoms. The number of nitrogen functional groups attached to an aromatic ring is 1. The van der Waals surface area contributed by atoms with Gasteiger partial charge in [-0.05, 0) is 40.4 Å². The number of nitrogens with two attached hydrogens (primary N) is 1. The summed E-state index contributed by atoms with van der Waals surface area (Å²) in [5.41, 5.74) is 9.28. The summed E-state index contributed by atoms with van der Waals surface area (Å²) >= 11 is 0. The molecule has 98 valence electrons. The van der Waals surface area contributed by atoms with Crippen molar-refractivity contribution in [3.8, 4) is 0 Å². The minimum Gasteiger partial charge on any atom is -0.383 e. The lowest BCUT2D eigenvalue weighted by Crippen LogP contribution is -2.29. The Bertz CT molecular complexity index is 570. The highest BCUT2D eigenvalue weighted by molar-refractivity contribution is 5.90. The van der Waals surface area contributed by atoms with Crippen molar-refractivity contribution in [3.63, 3.8) is 0 Å². The predicted octanol–water partition coefficient (Wildman–Crippen LogP) is 1.58. The molecule has 0 radical (unpaired) electrons. The lowest BCUT2D eigenvalue weighted by Gasteiger charge is -2.21. The first-order chi connectivity index (χ1) is 8.43. The van der Waals surface area contributed by atoms with Crippen LogP contribution in [0.4, 0.5) is 5.82 Å². The van der Waals surface area contributed by atoms with E-state index in [4.69, 9.17) is 5.73 Å². The van der Waals surface area contributed by atoms with Crippen LogP contribution in [-0.4, -0.2) is 39.6 Å². The van der Waals surface area contributed by atoms with E-state index in [1.807, 2.05) is 0 Å². The minimum atomic E-state index is 0.440. The van der Waals surface area contributed by atoms with E-state index < -0.39 is 0 Å². The molecule has 0 saturated carbocycles. The molecule has 0 aliphatic heterocycles. The normalized spacial score (nSPS) is 13.4. The van der Waals surface area contributed by atoms with Crippen LogP contribution in [0.1, 0.15) is 18.2 Å². The second kappa shape index (κ2) is 4.57. The first kappa shape index (κ1) is 12.8. The molecule has 2 rings (SSSR count). The maximum atomic E-state index is 5.96. The van der Waals surface area contributed by atoms with E-state index in [0.29, 0.717) is 11.9 Å². The molecule has 2 aromatic heterocycles. The topological polar surface area (TPSA) is 60.0 Å². The third-order valence-electron chi connectivity index (χ3n) is 3.76. The van der Waals surface area contributed by atoms with Crippen molar-refractivity contribution in [2.45, 2.75) is 33.4 Å². The first-order valence-electron chi connectivity index (χ1n) is 6.15. The van der Waals surface area contributed by atoms with E-state index in [1.54, 1.807) is 0 Å². The number of hydrogen-bond donors (Lipinski definition) is 1. The number of fused-ring (bicyclic) bond motifs is 1. The summed E-state index contributed by atoms with van der Waals surface area (Å²) in [6.45, 7) is 7.29. The van der Waals surface area contributed by atoms with Crippen LogP contribution >= 0.6 is 0 Å². The van der Waals surface area contributed by atoms with Crippen LogP contribution in [0.3, 0.4) is 0 Å². The molecule has 1 atom stereocenters. The Morgan fingerprint density at radius 2 is 2.00 bits per heavy atom. The average molecular weight is 247 g/mol. The number of anilines is 1. The van der Waals surface area contributed by atoms with Crippen molar-refractivity contribution in [1.29, 1.82) is 0 Å². The second-order valence-electron chi connectivity index (χ2n) is 5.09. The van der Waals surface area contributed by atoms with Gasteiger partial charge in [0.05, 0.1) is 5.39 Å². The Balaban J connectivity index is 2.57. The molecule has 0 aromatic carbocycles. The number of nitrogens with zero attached hydrogens (tertiary/aromatic N) is 4. The highest BCUT2D eigenvalue weighted by Crippen LogP contribution is 2.27. The lowest BCUT2D eigenvalue weighted by molar-refractivity contribution is 0.284. The lowest BCUT2D eigenvalue weighted by atomic mass is 10.2. The summed E-state index contributed by atoms with van der Waals surface area (Å²) in [5, 5.41) is 0.987. The predicted molar refractivity (Wildman–Crippen MR) is 74.6 cm³/mol. The Labute approximate surface area is 108 Å². The molecule has 5 heteroatoms. The van der Waals surface area contributed by atoms with Gasteiger partial charge in [0, 0.05) is 18.3 Å². The van der Waals surface area contributed by atoms with Crippen LogP contribution in [0, 0.1) is 13.8 Å². The fourth-order valence-corrected chi connectivity index (χ4v) is 2.15. The zero-order valence-corrected chi connectivity index (χ0v) is 11.7. The average Bonchev–Trinajstić information content (AvgIpc) is 2.55. The van der Waals surface area contributed by atoms with Gasteiger partial charge in [-0.2, -0.15) is 0 Å². The SMILES string of the molecule is Cc1c(C)n(CC(C)N(C)C)c2ncnc(N)c12. The number of likely N-dealkylation sites (N-methyl/N-ethyl adjacent to an activating group) is 1. The zero-order chi connectivity index (χ0) is 13.4. The molecule has 0 saturated heterocycles. The molecule has 0 spiro atoms. The molecular formula is C13H21N5.